The van der Waals surface area contributed by atoms with Gasteiger partial charge >= 0.3 is 0 Å². The van der Waals surface area contributed by atoms with Gasteiger partial charge in [-0.1, -0.05) is 48.5 Å². The number of fused-ring (bicyclic) bond motifs is 3. The first-order valence-corrected chi connectivity index (χ1v) is 8.97. The molecule has 1 aromatic heterocycles. The third kappa shape index (κ3) is 2.68. The van der Waals surface area contributed by atoms with Crippen LogP contribution in [0.25, 0.3) is 5.69 Å². The molecule has 0 unspecified atom stereocenters. The SMILES string of the molecule is Fc1ccc(C2=N[C@H](c3ccccc3)c3ccccc3-n3cccc32)cc1. The Morgan fingerprint density at radius 2 is 1.48 bits per heavy atom. The molecule has 2 nitrogen and oxygen atoms in total. The molecule has 0 bridgehead atoms. The number of benzene rings is 3. The molecule has 0 amide bonds. The molecule has 0 fully saturated rings. The summed E-state index contributed by atoms with van der Waals surface area (Å²) in [7, 11) is 0. The van der Waals surface area contributed by atoms with Gasteiger partial charge in [0.15, 0.2) is 0 Å². The highest BCUT2D eigenvalue weighted by Gasteiger charge is 2.25. The second kappa shape index (κ2) is 6.36. The van der Waals surface area contributed by atoms with Crippen molar-refractivity contribution in [3.8, 4) is 5.69 Å². The van der Waals surface area contributed by atoms with Gasteiger partial charge in [-0.15, -0.1) is 0 Å². The van der Waals surface area contributed by atoms with Crippen LogP contribution in [0.4, 0.5) is 4.39 Å². The predicted octanol–water partition coefficient (Wildman–Crippen LogP) is 5.56. The molecule has 0 spiro atoms. The Balaban J connectivity index is 1.80. The molecule has 2 heterocycles. The van der Waals surface area contributed by atoms with Crippen molar-refractivity contribution in [2.45, 2.75) is 6.04 Å². The van der Waals surface area contributed by atoms with E-state index in [1.165, 1.54) is 12.1 Å². The molecule has 130 valence electrons. The lowest BCUT2D eigenvalue weighted by Crippen LogP contribution is -2.08. The van der Waals surface area contributed by atoms with Crippen LogP contribution in [0.5, 0.6) is 0 Å². The Morgan fingerprint density at radius 1 is 0.741 bits per heavy atom. The van der Waals surface area contributed by atoms with Gasteiger partial charge in [-0.05, 0) is 48.0 Å². The molecule has 4 aromatic rings. The van der Waals surface area contributed by atoms with E-state index in [9.17, 15) is 4.39 Å². The normalized spacial score (nSPS) is 15.4. The van der Waals surface area contributed by atoms with Gasteiger partial charge in [0.2, 0.25) is 0 Å². The van der Waals surface area contributed by atoms with E-state index in [1.54, 1.807) is 12.1 Å². The fourth-order valence-corrected chi connectivity index (χ4v) is 3.71. The molecule has 1 atom stereocenters. The molecule has 5 rings (SSSR count). The summed E-state index contributed by atoms with van der Waals surface area (Å²) < 4.78 is 15.6. The van der Waals surface area contributed by atoms with E-state index < -0.39 is 0 Å². The van der Waals surface area contributed by atoms with E-state index >= 15 is 0 Å². The minimum atomic E-state index is -0.244. The van der Waals surface area contributed by atoms with E-state index in [0.29, 0.717) is 0 Å². The first kappa shape index (κ1) is 15.8. The molecule has 0 N–H and O–H groups in total. The summed E-state index contributed by atoms with van der Waals surface area (Å²) >= 11 is 0. The van der Waals surface area contributed by atoms with Crippen LogP contribution in [-0.4, -0.2) is 10.3 Å². The minimum Gasteiger partial charge on any atom is -0.315 e. The molecule has 0 saturated heterocycles. The van der Waals surface area contributed by atoms with Gasteiger partial charge in [-0.25, -0.2) is 4.39 Å². The summed E-state index contributed by atoms with van der Waals surface area (Å²) in [5.41, 5.74) is 6.18. The number of aliphatic imine (C=N–C) groups is 1. The average Bonchev–Trinajstić information content (AvgIpc) is 3.15. The molecule has 0 saturated carbocycles. The molecule has 3 aromatic carbocycles. The number of para-hydroxylation sites is 1. The van der Waals surface area contributed by atoms with Crippen LogP contribution in [0.3, 0.4) is 0 Å². The third-order valence-electron chi connectivity index (χ3n) is 4.97. The molecule has 0 aliphatic carbocycles. The van der Waals surface area contributed by atoms with Gasteiger partial charge in [0.1, 0.15) is 11.9 Å². The van der Waals surface area contributed by atoms with Crippen LogP contribution >= 0.6 is 0 Å². The van der Waals surface area contributed by atoms with Gasteiger partial charge < -0.3 is 4.57 Å². The van der Waals surface area contributed by atoms with Crippen molar-refractivity contribution < 1.29 is 4.39 Å². The summed E-state index contributed by atoms with van der Waals surface area (Å²) in [6.07, 6.45) is 2.06. The molecule has 27 heavy (non-hydrogen) atoms. The third-order valence-corrected chi connectivity index (χ3v) is 4.97. The number of hydrogen-bond acceptors (Lipinski definition) is 1. The van der Waals surface area contributed by atoms with E-state index in [-0.39, 0.29) is 11.9 Å². The number of aromatic nitrogens is 1. The zero-order valence-corrected chi connectivity index (χ0v) is 14.6. The van der Waals surface area contributed by atoms with E-state index in [1.807, 2.05) is 30.3 Å². The van der Waals surface area contributed by atoms with Crippen molar-refractivity contribution in [2.24, 2.45) is 4.99 Å². The van der Waals surface area contributed by atoms with Crippen molar-refractivity contribution in [1.29, 1.82) is 0 Å². The maximum atomic E-state index is 13.5. The summed E-state index contributed by atoms with van der Waals surface area (Å²) in [4.78, 5) is 5.17. The maximum absolute atomic E-state index is 13.5. The molecule has 1 aliphatic heterocycles. The van der Waals surface area contributed by atoms with E-state index in [2.05, 4.69) is 47.2 Å². The highest BCUT2D eigenvalue weighted by Crippen LogP contribution is 2.35. The topological polar surface area (TPSA) is 17.3 Å². The van der Waals surface area contributed by atoms with Crippen molar-refractivity contribution in [3.63, 3.8) is 0 Å². The fourth-order valence-electron chi connectivity index (χ4n) is 3.71. The van der Waals surface area contributed by atoms with Crippen molar-refractivity contribution in [1.82, 2.24) is 4.57 Å². The van der Waals surface area contributed by atoms with Crippen LogP contribution in [0.2, 0.25) is 0 Å². The molecule has 0 radical (unpaired) electrons. The van der Waals surface area contributed by atoms with Gasteiger partial charge in [0, 0.05) is 17.3 Å². The maximum Gasteiger partial charge on any atom is 0.123 e. The van der Waals surface area contributed by atoms with E-state index in [0.717, 1.165) is 33.8 Å². The Bertz CT molecular complexity index is 1120. The molecular formula is C24H17FN2. The average molecular weight is 352 g/mol. The van der Waals surface area contributed by atoms with Crippen LogP contribution in [0.15, 0.2) is 102 Å². The standard InChI is InChI=1S/C24H17FN2/c25-19-14-12-18(13-15-19)24-22-11-6-16-27(22)21-10-5-4-9-20(21)23(26-24)17-7-2-1-3-8-17/h1-16,23H/t23-/m1/s1. The van der Waals surface area contributed by atoms with Gasteiger partial charge in [0.05, 0.1) is 17.1 Å². The number of halogens is 1. The quantitative estimate of drug-likeness (QED) is 0.450. The van der Waals surface area contributed by atoms with Gasteiger partial charge in [-0.3, -0.25) is 4.99 Å². The first-order chi connectivity index (χ1) is 13.3. The van der Waals surface area contributed by atoms with Crippen LogP contribution in [-0.2, 0) is 0 Å². The summed E-state index contributed by atoms with van der Waals surface area (Å²) in [5, 5.41) is 0. The zero-order valence-electron chi connectivity index (χ0n) is 14.6. The lowest BCUT2D eigenvalue weighted by Gasteiger charge is -2.16. The predicted molar refractivity (Wildman–Crippen MR) is 106 cm³/mol. The summed E-state index contributed by atoms with van der Waals surface area (Å²) in [6.45, 7) is 0. The number of nitrogens with zero attached hydrogens (tertiary/aromatic N) is 2. The van der Waals surface area contributed by atoms with Crippen LogP contribution in [0.1, 0.15) is 28.4 Å². The smallest absolute Gasteiger partial charge is 0.123 e. The van der Waals surface area contributed by atoms with E-state index in [4.69, 9.17) is 4.99 Å². The van der Waals surface area contributed by atoms with Crippen molar-refractivity contribution in [2.75, 3.05) is 0 Å². The van der Waals surface area contributed by atoms with Crippen LogP contribution in [0, 0.1) is 5.82 Å². The van der Waals surface area contributed by atoms with Crippen LogP contribution < -0.4 is 0 Å². The highest BCUT2D eigenvalue weighted by atomic mass is 19.1. The van der Waals surface area contributed by atoms with Crippen molar-refractivity contribution in [3.05, 3.63) is 125 Å². The zero-order chi connectivity index (χ0) is 18.2. The summed E-state index contributed by atoms with van der Waals surface area (Å²) in [5.74, 6) is -0.244. The Hall–Kier alpha value is -3.46. The number of hydrogen-bond donors (Lipinski definition) is 0. The van der Waals surface area contributed by atoms with Gasteiger partial charge in [-0.2, -0.15) is 0 Å². The second-order valence-electron chi connectivity index (χ2n) is 6.62. The Kier molecular flexibility index (Phi) is 3.72. The lowest BCUT2D eigenvalue weighted by atomic mass is 9.97. The fraction of sp³-hybridized carbons (Fsp3) is 0.0417. The molecular weight excluding hydrogens is 335 g/mol. The lowest BCUT2D eigenvalue weighted by molar-refractivity contribution is 0.628. The minimum absolute atomic E-state index is 0.123. The highest BCUT2D eigenvalue weighted by molar-refractivity contribution is 6.12. The van der Waals surface area contributed by atoms with Crippen molar-refractivity contribution >= 4 is 5.71 Å². The largest absolute Gasteiger partial charge is 0.315 e. The second-order valence-corrected chi connectivity index (χ2v) is 6.62. The molecule has 3 heteroatoms. The first-order valence-electron chi connectivity index (χ1n) is 8.97. The Morgan fingerprint density at radius 3 is 2.30 bits per heavy atom. The number of rotatable bonds is 2. The molecule has 1 aliphatic rings. The Labute approximate surface area is 157 Å². The monoisotopic (exact) mass is 352 g/mol. The van der Waals surface area contributed by atoms with Gasteiger partial charge in [0.25, 0.3) is 0 Å². The summed E-state index contributed by atoms with van der Waals surface area (Å²) in [6, 6.07) is 29.2.